The van der Waals surface area contributed by atoms with E-state index in [1.54, 1.807) is 7.11 Å². The van der Waals surface area contributed by atoms with E-state index in [0.717, 1.165) is 24.4 Å². The maximum Gasteiger partial charge on any atom is 0.142 e. The van der Waals surface area contributed by atoms with E-state index in [-0.39, 0.29) is 12.1 Å². The zero-order chi connectivity index (χ0) is 12.5. The van der Waals surface area contributed by atoms with E-state index in [4.69, 9.17) is 4.74 Å². The molecule has 2 rings (SSSR count). The molecule has 3 heteroatoms. The Hall–Kier alpha value is -1.22. The van der Waals surface area contributed by atoms with Crippen LogP contribution in [0.3, 0.4) is 0 Å². The second-order valence-corrected chi connectivity index (χ2v) is 5.35. The quantitative estimate of drug-likeness (QED) is 0.872. The van der Waals surface area contributed by atoms with Crippen LogP contribution in [-0.2, 0) is 0 Å². The van der Waals surface area contributed by atoms with Crippen molar-refractivity contribution in [3.8, 4) is 5.75 Å². The Balaban J connectivity index is 2.33. The predicted molar refractivity (Wildman–Crippen MR) is 69.6 cm³/mol. The van der Waals surface area contributed by atoms with Crippen LogP contribution in [0.5, 0.6) is 5.75 Å². The molecule has 0 saturated carbocycles. The molecule has 1 heterocycles. The maximum atomic E-state index is 9.33. The summed E-state index contributed by atoms with van der Waals surface area (Å²) in [6, 6.07) is 8.08. The summed E-state index contributed by atoms with van der Waals surface area (Å²) in [7, 11) is 1.70. The number of anilines is 1. The number of hydrogen-bond donors (Lipinski definition) is 1. The van der Waals surface area contributed by atoms with Gasteiger partial charge in [-0.15, -0.1) is 0 Å². The van der Waals surface area contributed by atoms with Gasteiger partial charge in [-0.1, -0.05) is 12.1 Å². The highest BCUT2D eigenvalue weighted by Gasteiger charge is 2.38. The van der Waals surface area contributed by atoms with Crippen molar-refractivity contribution in [1.82, 2.24) is 0 Å². The van der Waals surface area contributed by atoms with E-state index >= 15 is 0 Å². The number of para-hydroxylation sites is 2. The van der Waals surface area contributed by atoms with Crippen molar-refractivity contribution >= 4 is 5.69 Å². The molecule has 1 aliphatic rings. The van der Waals surface area contributed by atoms with E-state index in [1.165, 1.54) is 0 Å². The molecular weight excluding hydrogens is 214 g/mol. The van der Waals surface area contributed by atoms with Crippen molar-refractivity contribution in [3.63, 3.8) is 0 Å². The summed E-state index contributed by atoms with van der Waals surface area (Å²) in [4.78, 5) is 2.34. The third kappa shape index (κ3) is 2.25. The van der Waals surface area contributed by atoms with E-state index in [1.807, 2.05) is 18.2 Å². The van der Waals surface area contributed by atoms with E-state index < -0.39 is 0 Å². The van der Waals surface area contributed by atoms with Crippen LogP contribution in [-0.4, -0.2) is 30.9 Å². The Labute approximate surface area is 103 Å². The molecule has 1 aromatic carbocycles. The highest BCUT2D eigenvalue weighted by molar-refractivity contribution is 5.60. The van der Waals surface area contributed by atoms with Gasteiger partial charge in [-0.25, -0.2) is 0 Å². The molecule has 1 saturated heterocycles. The van der Waals surface area contributed by atoms with Crippen molar-refractivity contribution < 1.29 is 9.84 Å². The topological polar surface area (TPSA) is 32.7 Å². The molecule has 0 radical (unpaired) electrons. The Morgan fingerprint density at radius 3 is 2.71 bits per heavy atom. The van der Waals surface area contributed by atoms with E-state index in [2.05, 4.69) is 24.8 Å². The van der Waals surface area contributed by atoms with Crippen molar-refractivity contribution in [2.75, 3.05) is 25.2 Å². The van der Waals surface area contributed by atoms with Crippen LogP contribution in [0.2, 0.25) is 0 Å². The van der Waals surface area contributed by atoms with Gasteiger partial charge in [0.15, 0.2) is 0 Å². The normalized spacial score (nSPS) is 22.8. The van der Waals surface area contributed by atoms with Gasteiger partial charge in [-0.2, -0.15) is 0 Å². The van der Waals surface area contributed by atoms with Crippen LogP contribution < -0.4 is 9.64 Å². The van der Waals surface area contributed by atoms with Gasteiger partial charge in [-0.3, -0.25) is 0 Å². The minimum absolute atomic E-state index is 0.0715. The van der Waals surface area contributed by atoms with Gasteiger partial charge in [0.2, 0.25) is 0 Å². The molecule has 1 aliphatic heterocycles. The largest absolute Gasteiger partial charge is 0.495 e. The fourth-order valence-corrected chi connectivity index (χ4v) is 2.79. The summed E-state index contributed by atoms with van der Waals surface area (Å²) in [6.07, 6.45) is 1.02. The van der Waals surface area contributed by atoms with Gasteiger partial charge in [0.25, 0.3) is 0 Å². The lowest BCUT2D eigenvalue weighted by molar-refractivity contribution is 0.232. The second kappa shape index (κ2) is 4.57. The number of aliphatic hydroxyl groups excluding tert-OH is 1. The first-order valence-corrected chi connectivity index (χ1v) is 6.10. The molecule has 1 unspecified atom stereocenters. The lowest BCUT2D eigenvalue weighted by Crippen LogP contribution is -2.38. The number of ether oxygens (including phenoxy) is 1. The van der Waals surface area contributed by atoms with Crippen LogP contribution in [0.15, 0.2) is 24.3 Å². The molecule has 0 aromatic heterocycles. The number of methoxy groups -OCH3 is 1. The Bertz CT molecular complexity index is 390. The summed E-state index contributed by atoms with van der Waals surface area (Å²) in [6.45, 7) is 5.59. The molecule has 0 aliphatic carbocycles. The lowest BCUT2D eigenvalue weighted by Gasteiger charge is -2.34. The Kier molecular flexibility index (Phi) is 3.29. The van der Waals surface area contributed by atoms with E-state index in [0.29, 0.717) is 5.92 Å². The summed E-state index contributed by atoms with van der Waals surface area (Å²) >= 11 is 0. The Morgan fingerprint density at radius 2 is 2.12 bits per heavy atom. The highest BCUT2D eigenvalue weighted by atomic mass is 16.5. The molecule has 94 valence electrons. The summed E-state index contributed by atoms with van der Waals surface area (Å²) in [5, 5.41) is 9.33. The number of rotatable bonds is 3. The SMILES string of the molecule is COc1ccccc1N1CC(CO)CC1(C)C. The predicted octanol–water partition coefficient (Wildman–Crippen LogP) is 2.29. The van der Waals surface area contributed by atoms with Crippen molar-refractivity contribution in [2.45, 2.75) is 25.8 Å². The molecule has 0 bridgehead atoms. The summed E-state index contributed by atoms with van der Waals surface area (Å²) in [5.41, 5.74) is 1.19. The lowest BCUT2D eigenvalue weighted by atomic mass is 9.97. The van der Waals surface area contributed by atoms with Crippen molar-refractivity contribution in [1.29, 1.82) is 0 Å². The molecular formula is C14H21NO2. The summed E-state index contributed by atoms with van der Waals surface area (Å²) in [5.74, 6) is 1.26. The summed E-state index contributed by atoms with van der Waals surface area (Å²) < 4.78 is 5.42. The zero-order valence-corrected chi connectivity index (χ0v) is 10.8. The number of nitrogens with zero attached hydrogens (tertiary/aromatic N) is 1. The third-order valence-electron chi connectivity index (χ3n) is 3.59. The van der Waals surface area contributed by atoms with Crippen LogP contribution in [0.4, 0.5) is 5.69 Å². The first-order chi connectivity index (χ1) is 8.08. The number of aliphatic hydroxyl groups is 1. The van der Waals surface area contributed by atoms with Gasteiger partial charge in [0.1, 0.15) is 5.75 Å². The average Bonchev–Trinajstić information content (AvgIpc) is 2.64. The molecule has 0 amide bonds. The molecule has 1 N–H and O–H groups in total. The smallest absolute Gasteiger partial charge is 0.142 e. The van der Waals surface area contributed by atoms with Crippen LogP contribution in [0, 0.1) is 5.92 Å². The zero-order valence-electron chi connectivity index (χ0n) is 10.8. The molecule has 17 heavy (non-hydrogen) atoms. The second-order valence-electron chi connectivity index (χ2n) is 5.35. The molecule has 0 spiro atoms. The first kappa shape index (κ1) is 12.2. The molecule has 1 aromatic rings. The fraction of sp³-hybridized carbons (Fsp3) is 0.571. The minimum atomic E-state index is 0.0715. The fourth-order valence-electron chi connectivity index (χ4n) is 2.79. The molecule has 1 atom stereocenters. The van der Waals surface area contributed by atoms with Crippen LogP contribution in [0.25, 0.3) is 0 Å². The van der Waals surface area contributed by atoms with Crippen LogP contribution in [0.1, 0.15) is 20.3 Å². The van der Waals surface area contributed by atoms with Gasteiger partial charge >= 0.3 is 0 Å². The van der Waals surface area contributed by atoms with Crippen LogP contribution >= 0.6 is 0 Å². The minimum Gasteiger partial charge on any atom is -0.495 e. The Morgan fingerprint density at radius 1 is 1.41 bits per heavy atom. The number of benzene rings is 1. The van der Waals surface area contributed by atoms with E-state index in [9.17, 15) is 5.11 Å². The van der Waals surface area contributed by atoms with Gasteiger partial charge in [0.05, 0.1) is 12.8 Å². The first-order valence-electron chi connectivity index (χ1n) is 6.10. The monoisotopic (exact) mass is 235 g/mol. The van der Waals surface area contributed by atoms with Gasteiger partial charge < -0.3 is 14.7 Å². The van der Waals surface area contributed by atoms with Gasteiger partial charge in [0, 0.05) is 24.6 Å². The highest BCUT2D eigenvalue weighted by Crippen LogP contribution is 2.40. The van der Waals surface area contributed by atoms with Crippen molar-refractivity contribution in [2.24, 2.45) is 5.92 Å². The third-order valence-corrected chi connectivity index (χ3v) is 3.59. The van der Waals surface area contributed by atoms with Gasteiger partial charge in [-0.05, 0) is 32.4 Å². The standard InChI is InChI=1S/C14H21NO2/c1-14(2)8-11(10-16)9-15(14)12-6-4-5-7-13(12)17-3/h4-7,11,16H,8-10H2,1-3H3. The van der Waals surface area contributed by atoms with Crippen molar-refractivity contribution in [3.05, 3.63) is 24.3 Å². The number of hydrogen-bond acceptors (Lipinski definition) is 3. The molecule has 1 fully saturated rings. The molecule has 3 nitrogen and oxygen atoms in total. The maximum absolute atomic E-state index is 9.33. The average molecular weight is 235 g/mol.